The molecule has 0 aliphatic rings. The van der Waals surface area contributed by atoms with E-state index in [0.717, 1.165) is 0 Å². The van der Waals surface area contributed by atoms with Crippen molar-refractivity contribution in [2.75, 3.05) is 0 Å². The molecular formula is C13H16N4O4. The van der Waals surface area contributed by atoms with Crippen LogP contribution in [0.5, 0.6) is 0 Å². The number of amides is 4. The minimum atomic E-state index is -1.27. The fourth-order valence-electron chi connectivity index (χ4n) is 1.47. The number of carbonyl (C=O) groups excluding carboxylic acids is 4. The fraction of sp³-hybridized carbons (Fsp3) is 0.231. The van der Waals surface area contributed by atoms with E-state index in [1.54, 1.807) is 30.5 Å². The lowest BCUT2D eigenvalue weighted by Crippen LogP contribution is -2.55. The molecule has 1 aromatic rings. The highest BCUT2D eigenvalue weighted by Crippen LogP contribution is 2.04. The van der Waals surface area contributed by atoms with E-state index < -0.39 is 23.6 Å². The van der Waals surface area contributed by atoms with Gasteiger partial charge in [0.1, 0.15) is 0 Å². The Bertz CT molecular complexity index is 544. The summed E-state index contributed by atoms with van der Waals surface area (Å²) >= 11 is 0. The Morgan fingerprint density at radius 3 is 2.29 bits per heavy atom. The molecule has 1 aromatic carbocycles. The zero-order valence-corrected chi connectivity index (χ0v) is 11.5. The standard InChI is InChI=1S/C13H16N4O4/c1-2-6-10(18)16-17(13(21)11(19)15-14)12(20)9-7-4-3-5-8-9/h3-5,7-8H,2,6,14H2,1H3,(H,15,19)(H,16,18). The normalized spacial score (nSPS) is 9.62. The third-order valence-electron chi connectivity index (χ3n) is 2.47. The predicted molar refractivity (Wildman–Crippen MR) is 73.0 cm³/mol. The van der Waals surface area contributed by atoms with Gasteiger partial charge in [-0.3, -0.25) is 30.0 Å². The van der Waals surface area contributed by atoms with Gasteiger partial charge in [-0.15, -0.1) is 0 Å². The molecule has 0 atom stereocenters. The summed E-state index contributed by atoms with van der Waals surface area (Å²) in [6.07, 6.45) is 0.632. The Kier molecular flexibility index (Phi) is 6.02. The maximum Gasteiger partial charge on any atom is 0.339 e. The monoisotopic (exact) mass is 292 g/mol. The van der Waals surface area contributed by atoms with Crippen molar-refractivity contribution in [2.45, 2.75) is 19.8 Å². The molecule has 0 unspecified atom stereocenters. The van der Waals surface area contributed by atoms with Crippen molar-refractivity contribution < 1.29 is 19.2 Å². The second kappa shape index (κ2) is 7.75. The van der Waals surface area contributed by atoms with Crippen LogP contribution >= 0.6 is 0 Å². The Labute approximate surface area is 121 Å². The van der Waals surface area contributed by atoms with E-state index in [0.29, 0.717) is 11.4 Å². The third kappa shape index (κ3) is 4.39. The molecule has 8 heteroatoms. The highest BCUT2D eigenvalue weighted by molar-refractivity contribution is 6.38. The van der Waals surface area contributed by atoms with Gasteiger partial charge in [0.15, 0.2) is 0 Å². The first-order valence-electron chi connectivity index (χ1n) is 6.25. The lowest BCUT2D eigenvalue weighted by Gasteiger charge is -2.20. The Balaban J connectivity index is 3.01. The molecule has 4 N–H and O–H groups in total. The molecule has 112 valence electrons. The summed E-state index contributed by atoms with van der Waals surface area (Å²) in [5.74, 6) is 1.01. The van der Waals surface area contributed by atoms with E-state index in [-0.39, 0.29) is 12.0 Å². The molecule has 1 rings (SSSR count). The Morgan fingerprint density at radius 2 is 1.76 bits per heavy atom. The molecular weight excluding hydrogens is 276 g/mol. The number of nitrogens with zero attached hydrogens (tertiary/aromatic N) is 1. The molecule has 0 aliphatic carbocycles. The van der Waals surface area contributed by atoms with E-state index in [2.05, 4.69) is 5.43 Å². The molecule has 0 fully saturated rings. The Hall–Kier alpha value is -2.74. The second-order valence-corrected chi connectivity index (χ2v) is 4.07. The van der Waals surface area contributed by atoms with Crippen LogP contribution in [0, 0.1) is 0 Å². The van der Waals surface area contributed by atoms with Gasteiger partial charge in [0.25, 0.3) is 5.91 Å². The highest BCUT2D eigenvalue weighted by Gasteiger charge is 2.29. The largest absolute Gasteiger partial charge is 0.339 e. The first-order chi connectivity index (χ1) is 10.0. The number of hydrogen-bond donors (Lipinski definition) is 3. The summed E-state index contributed by atoms with van der Waals surface area (Å²) in [7, 11) is 0. The van der Waals surface area contributed by atoms with Crippen LogP contribution in [-0.2, 0) is 14.4 Å². The van der Waals surface area contributed by atoms with Crippen molar-refractivity contribution in [1.29, 1.82) is 0 Å². The van der Waals surface area contributed by atoms with E-state index in [1.165, 1.54) is 12.1 Å². The molecule has 0 heterocycles. The van der Waals surface area contributed by atoms with E-state index in [4.69, 9.17) is 5.84 Å². The summed E-state index contributed by atoms with van der Waals surface area (Å²) in [6, 6.07) is 7.77. The van der Waals surface area contributed by atoms with Gasteiger partial charge in [0, 0.05) is 12.0 Å². The maximum atomic E-state index is 12.2. The number of benzene rings is 1. The first kappa shape index (κ1) is 16.3. The number of nitrogens with one attached hydrogen (secondary N) is 2. The SMILES string of the molecule is CCCC(=O)NN(C(=O)C(=O)NN)C(=O)c1ccccc1. The number of imide groups is 1. The van der Waals surface area contributed by atoms with Crippen molar-refractivity contribution in [1.82, 2.24) is 15.9 Å². The van der Waals surface area contributed by atoms with E-state index in [1.807, 2.05) is 0 Å². The highest BCUT2D eigenvalue weighted by atomic mass is 16.2. The molecule has 0 aliphatic heterocycles. The molecule has 0 spiro atoms. The van der Waals surface area contributed by atoms with Crippen molar-refractivity contribution in [3.05, 3.63) is 35.9 Å². The summed E-state index contributed by atoms with van der Waals surface area (Å²) in [4.78, 5) is 46.9. The third-order valence-corrected chi connectivity index (χ3v) is 2.47. The lowest BCUT2D eigenvalue weighted by molar-refractivity contribution is -0.148. The zero-order valence-electron chi connectivity index (χ0n) is 11.5. The molecule has 0 saturated carbocycles. The van der Waals surface area contributed by atoms with Crippen LogP contribution in [0.4, 0.5) is 0 Å². The van der Waals surface area contributed by atoms with Crippen molar-refractivity contribution >= 4 is 23.6 Å². The summed E-state index contributed by atoms with van der Waals surface area (Å²) < 4.78 is 0. The summed E-state index contributed by atoms with van der Waals surface area (Å²) in [5.41, 5.74) is 3.88. The first-order valence-corrected chi connectivity index (χ1v) is 6.25. The molecule has 4 amide bonds. The molecule has 0 aromatic heterocycles. The van der Waals surface area contributed by atoms with Crippen LogP contribution in [0.15, 0.2) is 30.3 Å². The predicted octanol–water partition coefficient (Wildman–Crippen LogP) is -0.523. The van der Waals surface area contributed by atoms with Crippen LogP contribution in [0.1, 0.15) is 30.1 Å². The minimum absolute atomic E-state index is 0.107. The Morgan fingerprint density at radius 1 is 1.14 bits per heavy atom. The summed E-state index contributed by atoms with van der Waals surface area (Å²) in [5, 5.41) is 0.357. The average molecular weight is 292 g/mol. The van der Waals surface area contributed by atoms with Crippen LogP contribution in [0.2, 0.25) is 0 Å². The molecule has 0 radical (unpaired) electrons. The van der Waals surface area contributed by atoms with Crippen LogP contribution in [-0.4, -0.2) is 28.6 Å². The number of carbonyl (C=O) groups is 4. The van der Waals surface area contributed by atoms with Gasteiger partial charge in [-0.1, -0.05) is 25.1 Å². The number of hydrogen-bond acceptors (Lipinski definition) is 5. The number of hydrazine groups is 2. The van der Waals surface area contributed by atoms with E-state index >= 15 is 0 Å². The second-order valence-electron chi connectivity index (χ2n) is 4.07. The van der Waals surface area contributed by atoms with Crippen LogP contribution in [0.3, 0.4) is 0 Å². The molecule has 0 saturated heterocycles. The number of nitrogens with two attached hydrogens (primary N) is 1. The molecule has 8 nitrogen and oxygen atoms in total. The van der Waals surface area contributed by atoms with Crippen molar-refractivity contribution in [3.63, 3.8) is 0 Å². The summed E-state index contributed by atoms with van der Waals surface area (Å²) in [6.45, 7) is 1.76. The fourth-order valence-corrected chi connectivity index (χ4v) is 1.47. The quantitative estimate of drug-likeness (QED) is 0.299. The zero-order chi connectivity index (χ0) is 15.8. The average Bonchev–Trinajstić information content (AvgIpc) is 2.51. The van der Waals surface area contributed by atoms with Gasteiger partial charge in [0.05, 0.1) is 0 Å². The van der Waals surface area contributed by atoms with Gasteiger partial charge >= 0.3 is 11.8 Å². The maximum absolute atomic E-state index is 12.2. The molecule has 21 heavy (non-hydrogen) atoms. The van der Waals surface area contributed by atoms with Crippen molar-refractivity contribution in [2.24, 2.45) is 5.84 Å². The molecule has 0 bridgehead atoms. The minimum Gasteiger partial charge on any atom is -0.286 e. The van der Waals surface area contributed by atoms with Gasteiger partial charge in [-0.05, 0) is 18.6 Å². The number of rotatable bonds is 3. The van der Waals surface area contributed by atoms with Crippen LogP contribution in [0.25, 0.3) is 0 Å². The van der Waals surface area contributed by atoms with Gasteiger partial charge < -0.3 is 0 Å². The topological polar surface area (TPSA) is 122 Å². The van der Waals surface area contributed by atoms with E-state index in [9.17, 15) is 19.2 Å². The van der Waals surface area contributed by atoms with Gasteiger partial charge in [-0.2, -0.15) is 5.01 Å². The van der Waals surface area contributed by atoms with Crippen LogP contribution < -0.4 is 16.7 Å². The smallest absolute Gasteiger partial charge is 0.286 e. The van der Waals surface area contributed by atoms with Gasteiger partial charge in [-0.25, -0.2) is 5.84 Å². The lowest BCUT2D eigenvalue weighted by atomic mass is 10.2. The van der Waals surface area contributed by atoms with Gasteiger partial charge in [0.2, 0.25) is 5.91 Å². The van der Waals surface area contributed by atoms with Crippen molar-refractivity contribution in [3.8, 4) is 0 Å².